The molecule has 96 valence electrons. The summed E-state index contributed by atoms with van der Waals surface area (Å²) in [5, 5.41) is 11.0. The van der Waals surface area contributed by atoms with Crippen LogP contribution in [0.2, 0.25) is 0 Å². The van der Waals surface area contributed by atoms with Crippen LogP contribution in [0.3, 0.4) is 0 Å². The van der Waals surface area contributed by atoms with Gasteiger partial charge in [0.25, 0.3) is 0 Å². The van der Waals surface area contributed by atoms with E-state index in [9.17, 15) is 18.0 Å². The van der Waals surface area contributed by atoms with Crippen LogP contribution in [-0.2, 0) is 11.3 Å². The zero-order valence-electron chi connectivity index (χ0n) is 9.42. The van der Waals surface area contributed by atoms with E-state index < -0.39 is 24.9 Å². The van der Waals surface area contributed by atoms with Crippen molar-refractivity contribution in [2.45, 2.75) is 25.6 Å². The molecule has 6 heteroatoms. The summed E-state index contributed by atoms with van der Waals surface area (Å²) in [6, 6.07) is 8.39. The predicted octanol–water partition coefficient (Wildman–Crippen LogP) is 2.52. The molecule has 0 bridgehead atoms. The molecule has 0 aromatic heterocycles. The van der Waals surface area contributed by atoms with E-state index in [-0.39, 0.29) is 6.54 Å². The molecule has 18 heavy (non-hydrogen) atoms. The molecule has 0 spiro atoms. The maximum absolute atomic E-state index is 11.9. The lowest BCUT2D eigenvalue weighted by atomic mass is 10.1. The number of hydrogen-bond donors (Lipinski definition) is 1. The van der Waals surface area contributed by atoms with E-state index in [0.717, 1.165) is 5.56 Å². The normalized spacial score (nSPS) is 10.8. The molecule has 1 aromatic carbocycles. The summed E-state index contributed by atoms with van der Waals surface area (Å²) < 4.78 is 35.6. The predicted molar refractivity (Wildman–Crippen MR) is 58.3 cm³/mol. The van der Waals surface area contributed by atoms with Crippen molar-refractivity contribution in [1.82, 2.24) is 5.32 Å². The summed E-state index contributed by atoms with van der Waals surface area (Å²) in [6.45, 7) is 0.155. The van der Waals surface area contributed by atoms with E-state index in [0.29, 0.717) is 5.56 Å². The maximum Gasteiger partial charge on any atom is 0.389 e. The van der Waals surface area contributed by atoms with E-state index in [1.54, 1.807) is 24.3 Å². The van der Waals surface area contributed by atoms with Gasteiger partial charge in [0.05, 0.1) is 18.1 Å². The average Bonchev–Trinajstić information content (AvgIpc) is 2.33. The van der Waals surface area contributed by atoms with Crippen molar-refractivity contribution in [3.8, 4) is 6.07 Å². The van der Waals surface area contributed by atoms with Crippen LogP contribution in [0.5, 0.6) is 0 Å². The van der Waals surface area contributed by atoms with E-state index in [4.69, 9.17) is 5.26 Å². The summed E-state index contributed by atoms with van der Waals surface area (Å²) in [4.78, 5) is 11.1. The highest BCUT2D eigenvalue weighted by Crippen LogP contribution is 2.20. The van der Waals surface area contributed by atoms with Crippen LogP contribution in [-0.4, -0.2) is 12.1 Å². The monoisotopic (exact) mass is 256 g/mol. The summed E-state index contributed by atoms with van der Waals surface area (Å²) >= 11 is 0. The molecule has 0 heterocycles. The van der Waals surface area contributed by atoms with Gasteiger partial charge in [0.15, 0.2) is 0 Å². The Balaban J connectivity index is 2.36. The van der Waals surface area contributed by atoms with Gasteiger partial charge in [0, 0.05) is 13.0 Å². The smallest absolute Gasteiger partial charge is 0.352 e. The quantitative estimate of drug-likeness (QED) is 0.899. The molecule has 1 N–H and O–H groups in total. The van der Waals surface area contributed by atoms with Crippen molar-refractivity contribution >= 4 is 5.91 Å². The van der Waals surface area contributed by atoms with Crippen LogP contribution in [0.15, 0.2) is 24.3 Å². The fourth-order valence-electron chi connectivity index (χ4n) is 1.24. The lowest BCUT2D eigenvalue weighted by Crippen LogP contribution is -2.24. The Labute approximate surface area is 102 Å². The van der Waals surface area contributed by atoms with Gasteiger partial charge in [-0.3, -0.25) is 4.79 Å². The van der Waals surface area contributed by atoms with Gasteiger partial charge in [-0.25, -0.2) is 0 Å². The third kappa shape index (κ3) is 5.34. The van der Waals surface area contributed by atoms with Crippen molar-refractivity contribution in [2.24, 2.45) is 0 Å². The van der Waals surface area contributed by atoms with Crippen LogP contribution >= 0.6 is 0 Å². The first kappa shape index (κ1) is 14.0. The fraction of sp³-hybridized carbons (Fsp3) is 0.333. The Hall–Kier alpha value is -2.03. The minimum Gasteiger partial charge on any atom is -0.352 e. The molecule has 0 aliphatic heterocycles. The van der Waals surface area contributed by atoms with E-state index in [1.807, 2.05) is 6.07 Å². The number of rotatable bonds is 4. The van der Waals surface area contributed by atoms with Gasteiger partial charge >= 0.3 is 6.18 Å². The number of nitrogens with zero attached hydrogens (tertiary/aromatic N) is 1. The molecule has 1 amide bonds. The first-order valence-electron chi connectivity index (χ1n) is 5.23. The lowest BCUT2D eigenvalue weighted by Gasteiger charge is -2.07. The van der Waals surface area contributed by atoms with Crippen molar-refractivity contribution in [3.05, 3.63) is 35.4 Å². The van der Waals surface area contributed by atoms with Gasteiger partial charge in [-0.05, 0) is 17.7 Å². The van der Waals surface area contributed by atoms with Crippen molar-refractivity contribution in [2.75, 3.05) is 0 Å². The minimum absolute atomic E-state index is 0.155. The van der Waals surface area contributed by atoms with E-state index >= 15 is 0 Å². The molecular formula is C12H11F3N2O. The molecule has 0 unspecified atom stereocenters. The standard InChI is InChI=1S/C12H11F3N2O/c13-12(14,15)6-5-11(18)17-8-10-3-1-9(7-16)2-4-10/h1-4H,5-6,8H2,(H,17,18). The first-order valence-corrected chi connectivity index (χ1v) is 5.23. The second-order valence-electron chi connectivity index (χ2n) is 3.70. The van der Waals surface area contributed by atoms with Crippen molar-refractivity contribution in [3.63, 3.8) is 0 Å². The largest absolute Gasteiger partial charge is 0.389 e. The van der Waals surface area contributed by atoms with Gasteiger partial charge in [0.1, 0.15) is 0 Å². The number of nitriles is 1. The number of carbonyl (C=O) groups excluding carboxylic acids is 1. The Morgan fingerprint density at radius 1 is 1.28 bits per heavy atom. The Morgan fingerprint density at radius 2 is 1.89 bits per heavy atom. The molecule has 0 aliphatic carbocycles. The molecule has 0 atom stereocenters. The summed E-state index contributed by atoms with van der Waals surface area (Å²) in [6.07, 6.45) is -6.00. The van der Waals surface area contributed by atoms with Gasteiger partial charge in [-0.1, -0.05) is 12.1 Å². The second-order valence-corrected chi connectivity index (χ2v) is 3.70. The highest BCUT2D eigenvalue weighted by molar-refractivity contribution is 5.75. The molecule has 0 radical (unpaired) electrons. The number of amides is 1. The SMILES string of the molecule is N#Cc1ccc(CNC(=O)CCC(F)(F)F)cc1. The second kappa shape index (κ2) is 6.05. The van der Waals surface area contributed by atoms with Gasteiger partial charge in [0.2, 0.25) is 5.91 Å². The van der Waals surface area contributed by atoms with Crippen LogP contribution in [0.25, 0.3) is 0 Å². The van der Waals surface area contributed by atoms with Crippen molar-refractivity contribution in [1.29, 1.82) is 5.26 Å². The molecule has 3 nitrogen and oxygen atoms in total. The van der Waals surface area contributed by atoms with Crippen LogP contribution in [0, 0.1) is 11.3 Å². The zero-order valence-corrected chi connectivity index (χ0v) is 9.42. The third-order valence-electron chi connectivity index (χ3n) is 2.21. The van der Waals surface area contributed by atoms with Gasteiger partial charge in [-0.15, -0.1) is 0 Å². The van der Waals surface area contributed by atoms with Crippen LogP contribution in [0.1, 0.15) is 24.0 Å². The van der Waals surface area contributed by atoms with Crippen molar-refractivity contribution < 1.29 is 18.0 Å². The van der Waals surface area contributed by atoms with E-state index in [2.05, 4.69) is 5.32 Å². The topological polar surface area (TPSA) is 52.9 Å². The number of benzene rings is 1. The molecule has 0 aliphatic rings. The lowest BCUT2D eigenvalue weighted by molar-refractivity contribution is -0.144. The zero-order chi connectivity index (χ0) is 13.6. The molecule has 1 rings (SSSR count). The summed E-state index contributed by atoms with van der Waals surface area (Å²) in [7, 11) is 0. The molecule has 0 saturated heterocycles. The number of carbonyl (C=O) groups is 1. The first-order chi connectivity index (χ1) is 8.40. The molecular weight excluding hydrogens is 245 g/mol. The Kier molecular flexibility index (Phi) is 4.72. The average molecular weight is 256 g/mol. The molecule has 0 fully saturated rings. The minimum atomic E-state index is -4.31. The Morgan fingerprint density at radius 3 is 2.39 bits per heavy atom. The highest BCUT2D eigenvalue weighted by atomic mass is 19.4. The van der Waals surface area contributed by atoms with Crippen LogP contribution < -0.4 is 5.32 Å². The highest BCUT2D eigenvalue weighted by Gasteiger charge is 2.27. The van der Waals surface area contributed by atoms with Gasteiger partial charge in [-0.2, -0.15) is 18.4 Å². The Bertz CT molecular complexity index is 446. The van der Waals surface area contributed by atoms with E-state index in [1.165, 1.54) is 0 Å². The summed E-state index contributed by atoms with van der Waals surface area (Å²) in [5.41, 5.74) is 1.22. The van der Waals surface area contributed by atoms with Gasteiger partial charge < -0.3 is 5.32 Å². The third-order valence-corrected chi connectivity index (χ3v) is 2.21. The summed E-state index contributed by atoms with van der Waals surface area (Å²) in [5.74, 6) is -0.642. The number of alkyl halides is 3. The van der Waals surface area contributed by atoms with Crippen LogP contribution in [0.4, 0.5) is 13.2 Å². The molecule has 1 aromatic rings. The maximum atomic E-state index is 11.9. The fourth-order valence-corrected chi connectivity index (χ4v) is 1.24. The number of halogens is 3. The molecule has 0 saturated carbocycles. The number of hydrogen-bond acceptors (Lipinski definition) is 2. The number of nitrogens with one attached hydrogen (secondary N) is 1.